The zero-order valence-electron chi connectivity index (χ0n) is 9.41. The number of tetrazole rings is 1. The lowest BCUT2D eigenvalue weighted by Crippen LogP contribution is -2.03. The molecule has 94 valence electrons. The third-order valence-corrected chi connectivity index (χ3v) is 3.18. The summed E-state index contributed by atoms with van der Waals surface area (Å²) in [6, 6.07) is 7.36. The van der Waals surface area contributed by atoms with Crippen LogP contribution in [0.15, 0.2) is 29.2 Å². The fourth-order valence-electron chi connectivity index (χ4n) is 1.18. The van der Waals surface area contributed by atoms with E-state index in [0.29, 0.717) is 0 Å². The van der Waals surface area contributed by atoms with E-state index in [1.54, 1.807) is 0 Å². The first kappa shape index (κ1) is 12.8. The van der Waals surface area contributed by atoms with Gasteiger partial charge in [-0.1, -0.05) is 5.10 Å². The van der Waals surface area contributed by atoms with E-state index >= 15 is 0 Å². The normalized spacial score (nSPS) is 10.3. The van der Waals surface area contributed by atoms with E-state index in [0.717, 1.165) is 10.6 Å². The number of hydrogen-bond acceptors (Lipinski definition) is 6. The van der Waals surface area contributed by atoms with Crippen LogP contribution >= 0.6 is 23.4 Å². The number of thioether (sulfide) groups is 1. The largest absolute Gasteiger partial charge is 0.468 e. The van der Waals surface area contributed by atoms with Crippen molar-refractivity contribution in [2.45, 2.75) is 4.90 Å². The molecule has 0 spiro atoms. The third-order valence-electron chi connectivity index (χ3n) is 2.04. The highest BCUT2D eigenvalue weighted by atomic mass is 35.5. The van der Waals surface area contributed by atoms with Gasteiger partial charge in [-0.2, -0.15) is 0 Å². The molecule has 0 atom stereocenters. The van der Waals surface area contributed by atoms with Gasteiger partial charge in [-0.25, -0.2) is 0 Å². The Morgan fingerprint density at radius 1 is 1.44 bits per heavy atom. The molecule has 18 heavy (non-hydrogen) atoms. The Balaban J connectivity index is 2.03. The highest BCUT2D eigenvalue weighted by Gasteiger charge is 2.04. The van der Waals surface area contributed by atoms with Crippen molar-refractivity contribution in [3.05, 3.63) is 29.5 Å². The van der Waals surface area contributed by atoms with Crippen molar-refractivity contribution in [1.82, 2.24) is 20.2 Å². The number of carbonyl (C=O) groups excluding carboxylic acids is 1. The maximum atomic E-state index is 11.0. The molecular formula is C10H9ClN4O2S. The molecule has 0 aliphatic rings. The lowest BCUT2D eigenvalue weighted by molar-refractivity contribution is -0.137. The number of carbonyl (C=O) groups is 1. The first-order valence-corrected chi connectivity index (χ1v) is 6.31. The van der Waals surface area contributed by atoms with E-state index in [2.05, 4.69) is 20.1 Å². The monoisotopic (exact) mass is 284 g/mol. The summed E-state index contributed by atoms with van der Waals surface area (Å²) < 4.78 is 4.56. The Bertz CT molecular complexity index is 543. The molecule has 1 aromatic carbocycles. The van der Waals surface area contributed by atoms with Gasteiger partial charge in [0.2, 0.25) is 0 Å². The van der Waals surface area contributed by atoms with E-state index in [4.69, 9.17) is 11.6 Å². The van der Waals surface area contributed by atoms with Gasteiger partial charge >= 0.3 is 5.97 Å². The number of nitrogens with zero attached hydrogens (tertiary/aromatic N) is 4. The van der Waals surface area contributed by atoms with Crippen molar-refractivity contribution in [2.75, 3.05) is 12.9 Å². The summed E-state index contributed by atoms with van der Waals surface area (Å²) in [5.41, 5.74) is 0.747. The van der Waals surface area contributed by atoms with Crippen LogP contribution < -0.4 is 0 Å². The van der Waals surface area contributed by atoms with Crippen LogP contribution in [-0.2, 0) is 9.53 Å². The topological polar surface area (TPSA) is 69.9 Å². The highest BCUT2D eigenvalue weighted by Crippen LogP contribution is 2.19. The summed E-state index contributed by atoms with van der Waals surface area (Å²) in [6.45, 7) is 0. The number of ether oxygens (including phenoxy) is 1. The molecular weight excluding hydrogens is 276 g/mol. The molecule has 0 saturated heterocycles. The zero-order chi connectivity index (χ0) is 13.0. The van der Waals surface area contributed by atoms with Gasteiger partial charge in [0.1, 0.15) is 0 Å². The van der Waals surface area contributed by atoms with Crippen molar-refractivity contribution in [3.63, 3.8) is 0 Å². The van der Waals surface area contributed by atoms with Crippen molar-refractivity contribution in [2.24, 2.45) is 0 Å². The van der Waals surface area contributed by atoms with Gasteiger partial charge in [-0.3, -0.25) is 4.79 Å². The van der Waals surface area contributed by atoms with E-state index in [9.17, 15) is 4.79 Å². The number of halogens is 1. The number of hydrogen-bond donors (Lipinski definition) is 0. The molecule has 0 fully saturated rings. The van der Waals surface area contributed by atoms with Gasteiger partial charge in [-0.15, -0.1) is 21.7 Å². The van der Waals surface area contributed by atoms with Crippen LogP contribution in [0.25, 0.3) is 5.69 Å². The SMILES string of the molecule is COC(=O)CSc1ccc(-n2nnc(Cl)n2)cc1. The van der Waals surface area contributed by atoms with Crippen molar-refractivity contribution >= 4 is 29.3 Å². The lowest BCUT2D eigenvalue weighted by Gasteiger charge is -2.02. The Kier molecular flexibility index (Phi) is 4.16. The molecule has 0 amide bonds. The zero-order valence-corrected chi connectivity index (χ0v) is 11.0. The summed E-state index contributed by atoms with van der Waals surface area (Å²) in [6.07, 6.45) is 0. The Morgan fingerprint density at radius 2 is 2.17 bits per heavy atom. The second-order valence-corrected chi connectivity index (χ2v) is 4.59. The highest BCUT2D eigenvalue weighted by molar-refractivity contribution is 8.00. The molecule has 2 aromatic rings. The van der Waals surface area contributed by atoms with Crippen molar-refractivity contribution in [3.8, 4) is 5.69 Å². The maximum Gasteiger partial charge on any atom is 0.315 e. The maximum absolute atomic E-state index is 11.0. The van der Waals surface area contributed by atoms with Gasteiger partial charge in [0, 0.05) is 4.90 Å². The second-order valence-electron chi connectivity index (χ2n) is 3.21. The minimum atomic E-state index is -0.256. The molecule has 0 aliphatic heterocycles. The molecule has 1 heterocycles. The lowest BCUT2D eigenvalue weighted by atomic mass is 10.3. The van der Waals surface area contributed by atoms with Gasteiger partial charge in [0.25, 0.3) is 5.28 Å². The molecule has 0 bridgehead atoms. The first-order chi connectivity index (χ1) is 8.69. The summed E-state index contributed by atoms with van der Waals surface area (Å²) in [4.78, 5) is 13.3. The predicted molar refractivity (Wildman–Crippen MR) is 66.9 cm³/mol. The average Bonchev–Trinajstić information content (AvgIpc) is 2.83. The number of methoxy groups -OCH3 is 1. The van der Waals surface area contributed by atoms with Crippen LogP contribution in [0, 0.1) is 0 Å². The van der Waals surface area contributed by atoms with Gasteiger partial charge in [0.15, 0.2) is 0 Å². The Labute approximate surface area is 112 Å². The average molecular weight is 285 g/mol. The minimum absolute atomic E-state index is 0.0964. The number of rotatable bonds is 4. The predicted octanol–water partition coefficient (Wildman–Crippen LogP) is 1.58. The second kappa shape index (κ2) is 5.83. The molecule has 0 unspecified atom stereocenters. The van der Waals surface area contributed by atoms with Crippen LogP contribution in [0.3, 0.4) is 0 Å². The van der Waals surface area contributed by atoms with Crippen LogP contribution in [0.2, 0.25) is 5.28 Å². The summed E-state index contributed by atoms with van der Waals surface area (Å²) >= 11 is 6.98. The van der Waals surface area contributed by atoms with Gasteiger partial charge in [-0.05, 0) is 41.1 Å². The van der Waals surface area contributed by atoms with Crippen LogP contribution in [0.4, 0.5) is 0 Å². The Hall–Kier alpha value is -1.60. The molecule has 0 aliphatic carbocycles. The molecule has 1 aromatic heterocycles. The molecule has 2 rings (SSSR count). The Morgan fingerprint density at radius 3 is 2.72 bits per heavy atom. The van der Waals surface area contributed by atoms with Crippen molar-refractivity contribution in [1.29, 1.82) is 0 Å². The van der Waals surface area contributed by atoms with Crippen LogP contribution in [0.5, 0.6) is 0 Å². The van der Waals surface area contributed by atoms with Gasteiger partial charge < -0.3 is 4.74 Å². The molecule has 0 radical (unpaired) electrons. The molecule has 8 heteroatoms. The van der Waals surface area contributed by atoms with E-state index in [1.807, 2.05) is 24.3 Å². The molecule has 0 saturated carbocycles. The van der Waals surface area contributed by atoms with Crippen LogP contribution in [-0.4, -0.2) is 39.0 Å². The van der Waals surface area contributed by atoms with Crippen LogP contribution in [0.1, 0.15) is 0 Å². The number of aromatic nitrogens is 4. The minimum Gasteiger partial charge on any atom is -0.468 e. The summed E-state index contributed by atoms with van der Waals surface area (Å²) in [5, 5.41) is 11.3. The van der Waals surface area contributed by atoms with E-state index in [-0.39, 0.29) is 17.0 Å². The fraction of sp³-hybridized carbons (Fsp3) is 0.200. The van der Waals surface area contributed by atoms with E-state index in [1.165, 1.54) is 23.7 Å². The summed E-state index contributed by atoms with van der Waals surface area (Å²) in [5.74, 6) is 0.0253. The number of esters is 1. The fourth-order valence-corrected chi connectivity index (χ4v) is 2.02. The van der Waals surface area contributed by atoms with E-state index < -0.39 is 0 Å². The summed E-state index contributed by atoms with van der Waals surface area (Å²) in [7, 11) is 1.37. The standard InChI is InChI=1S/C10H9ClN4O2S/c1-17-9(16)6-18-8-4-2-7(3-5-8)15-13-10(11)12-14-15/h2-5H,6H2,1H3. The number of benzene rings is 1. The molecule has 0 N–H and O–H groups in total. The first-order valence-electron chi connectivity index (χ1n) is 4.94. The quantitative estimate of drug-likeness (QED) is 0.627. The third kappa shape index (κ3) is 3.21. The van der Waals surface area contributed by atoms with Gasteiger partial charge in [0.05, 0.1) is 18.6 Å². The molecule has 6 nitrogen and oxygen atoms in total. The van der Waals surface area contributed by atoms with Crippen molar-refractivity contribution < 1.29 is 9.53 Å². The smallest absolute Gasteiger partial charge is 0.315 e.